The summed E-state index contributed by atoms with van der Waals surface area (Å²) in [7, 11) is 21.7. The van der Waals surface area contributed by atoms with Gasteiger partial charge in [0, 0.05) is 6.42 Å². The minimum atomic E-state index is -0.814. The Morgan fingerprint density at radius 2 is 0.792 bits per heavy atom. The highest BCUT2D eigenvalue weighted by atomic mass is 32.2. The summed E-state index contributed by atoms with van der Waals surface area (Å²) in [5, 5.41) is 48.5. The predicted octanol–water partition coefficient (Wildman–Crippen LogP) is 8.43. The second-order valence-corrected chi connectivity index (χ2v) is 29.6. The van der Waals surface area contributed by atoms with Crippen molar-refractivity contribution in [2.24, 2.45) is 11.8 Å². The van der Waals surface area contributed by atoms with Crippen molar-refractivity contribution in [2.75, 3.05) is 137 Å². The summed E-state index contributed by atoms with van der Waals surface area (Å²) in [4.78, 5) is 125. The molecule has 704 valence electrons. The third kappa shape index (κ3) is 56.0. The first kappa shape index (κ1) is 119. The Morgan fingerprint density at radius 1 is 0.408 bits per heavy atom. The SMILES string of the molecule is CCOC(=O)C(NC)C(C)C.CCOC(=O)CCC(NC)C(=O)OCC.CN1CCC[C@H]1C(=O)O.CN1CCC[C@H]1C(=O)OCc1ccccc1.CNC(C(=O)O)C(C)C.CNC(C)C(=O)OC.CNC(CCSC)C(=O)OC.CNC(Cc1ccccc1)C(=O)O.CNC(Cc1ccccc1)C(=O)OCc1ccccc1.CN[C@H](C(=O)OC)c1ccccc1. The van der Waals surface area contributed by atoms with Crippen LogP contribution in [0.4, 0.5) is 0 Å². The fourth-order valence-corrected chi connectivity index (χ4v) is 11.9. The highest BCUT2D eigenvalue weighted by Crippen LogP contribution is 2.18. The lowest BCUT2D eigenvalue weighted by atomic mass is 10.1. The molecule has 0 aromatic heterocycles. The molecule has 33 heteroatoms. The molecule has 5 aromatic rings. The van der Waals surface area contributed by atoms with Gasteiger partial charge in [0.15, 0.2) is 0 Å². The molecule has 10 atom stereocenters. The van der Waals surface area contributed by atoms with Gasteiger partial charge in [-0.3, -0.25) is 57.7 Å². The van der Waals surface area contributed by atoms with Crippen LogP contribution in [0.1, 0.15) is 134 Å². The summed E-state index contributed by atoms with van der Waals surface area (Å²) < 4.78 is 38.7. The van der Waals surface area contributed by atoms with Crippen molar-refractivity contribution < 1.29 is 106 Å². The summed E-state index contributed by atoms with van der Waals surface area (Å²) in [6, 6.07) is 45.6. The summed E-state index contributed by atoms with van der Waals surface area (Å²) in [5.41, 5.74) is 5.09. The molecule has 2 heterocycles. The molecule has 2 fully saturated rings. The fraction of sp³-hybridized carbons (Fsp3) is 0.554. The predicted molar refractivity (Wildman–Crippen MR) is 489 cm³/mol. The van der Waals surface area contributed by atoms with E-state index in [4.69, 9.17) is 39.0 Å². The Bertz CT molecular complexity index is 3650. The van der Waals surface area contributed by atoms with E-state index in [0.717, 1.165) is 78.8 Å². The van der Waals surface area contributed by atoms with Crippen LogP contribution in [0, 0.1) is 11.8 Å². The summed E-state index contributed by atoms with van der Waals surface area (Å²) in [6.07, 6.45) is 8.45. The van der Waals surface area contributed by atoms with Crippen molar-refractivity contribution in [3.05, 3.63) is 179 Å². The number of carbonyl (C=O) groups excluding carboxylic acids is 8. The number of benzene rings is 5. The Kier molecular flexibility index (Phi) is 72.1. The topological polar surface area (TPSA) is 425 Å². The van der Waals surface area contributed by atoms with Gasteiger partial charge in [0.2, 0.25) is 0 Å². The average Bonchev–Trinajstić information content (AvgIpc) is 1.87. The van der Waals surface area contributed by atoms with Gasteiger partial charge in [-0.05, 0) is 214 Å². The lowest BCUT2D eigenvalue weighted by Crippen LogP contribution is -2.39. The van der Waals surface area contributed by atoms with Gasteiger partial charge in [-0.15, -0.1) is 0 Å². The van der Waals surface area contributed by atoms with Gasteiger partial charge in [0.05, 0.1) is 41.2 Å². The maximum absolute atomic E-state index is 12.1. The van der Waals surface area contributed by atoms with Gasteiger partial charge in [0.25, 0.3) is 0 Å². The van der Waals surface area contributed by atoms with Crippen molar-refractivity contribution in [3.63, 3.8) is 0 Å². The Balaban J connectivity index is -0.00000134. The molecule has 0 saturated carbocycles. The highest BCUT2D eigenvalue weighted by molar-refractivity contribution is 7.98. The lowest BCUT2D eigenvalue weighted by Gasteiger charge is -2.17. The van der Waals surface area contributed by atoms with Crippen LogP contribution in [0.15, 0.2) is 152 Å². The molecule has 0 amide bonds. The van der Waals surface area contributed by atoms with Gasteiger partial charge >= 0.3 is 65.7 Å². The summed E-state index contributed by atoms with van der Waals surface area (Å²) >= 11 is 1.73. The van der Waals surface area contributed by atoms with E-state index in [9.17, 15) is 52.7 Å². The van der Waals surface area contributed by atoms with E-state index in [1.807, 2.05) is 212 Å². The number of nitrogens with zero attached hydrogens (tertiary/aromatic N) is 2. The number of carboxylic acids is 3. The zero-order valence-corrected chi connectivity index (χ0v) is 78.6. The van der Waals surface area contributed by atoms with E-state index in [0.29, 0.717) is 52.3 Å². The van der Waals surface area contributed by atoms with E-state index < -0.39 is 36.0 Å². The third-order valence-corrected chi connectivity index (χ3v) is 19.4. The van der Waals surface area contributed by atoms with Crippen LogP contribution in [0.25, 0.3) is 0 Å². The van der Waals surface area contributed by atoms with E-state index in [2.05, 4.69) is 61.6 Å². The Labute approximate surface area is 746 Å². The fourth-order valence-electron chi connectivity index (χ4n) is 11.5. The number of carboxylic acid groups (broad SMARTS) is 3. The van der Waals surface area contributed by atoms with Crippen molar-refractivity contribution in [1.82, 2.24) is 52.3 Å². The molecule has 7 unspecified atom stereocenters. The molecule has 0 radical (unpaired) electrons. The van der Waals surface area contributed by atoms with Crippen LogP contribution in [0.5, 0.6) is 0 Å². The maximum Gasteiger partial charge on any atom is 0.327 e. The molecule has 32 nitrogen and oxygen atoms in total. The molecule has 7 rings (SSSR count). The number of aliphatic carboxylic acids is 3. The lowest BCUT2D eigenvalue weighted by molar-refractivity contribution is -0.150. The smallest absolute Gasteiger partial charge is 0.327 e. The first-order valence-electron chi connectivity index (χ1n) is 41.9. The number of carbonyl (C=O) groups is 11. The molecule has 0 spiro atoms. The molecular formula is C92H148N10O22S. The number of rotatable bonds is 38. The maximum atomic E-state index is 12.1. The third-order valence-electron chi connectivity index (χ3n) is 18.8. The van der Waals surface area contributed by atoms with Crippen LogP contribution < -0.4 is 42.5 Å². The molecule has 0 aliphatic carbocycles. The van der Waals surface area contributed by atoms with Crippen LogP contribution in [-0.4, -0.2) is 282 Å². The summed E-state index contributed by atoms with van der Waals surface area (Å²) in [5.74, 6) is -2.66. The van der Waals surface area contributed by atoms with Crippen LogP contribution in [0.2, 0.25) is 0 Å². The molecule has 2 saturated heterocycles. The number of methoxy groups -OCH3 is 3. The average molecular weight is 1780 g/mol. The van der Waals surface area contributed by atoms with Crippen LogP contribution in [0.3, 0.4) is 0 Å². The largest absolute Gasteiger partial charge is 0.480 e. The molecule has 0 bridgehead atoms. The minimum Gasteiger partial charge on any atom is -0.480 e. The monoisotopic (exact) mass is 1780 g/mol. The van der Waals surface area contributed by atoms with E-state index >= 15 is 0 Å². The van der Waals surface area contributed by atoms with Gasteiger partial charge in [-0.1, -0.05) is 179 Å². The molecular weight excluding hydrogens is 1630 g/mol. The van der Waals surface area contributed by atoms with Crippen LogP contribution >= 0.6 is 11.8 Å². The summed E-state index contributed by atoms with van der Waals surface area (Å²) in [6.45, 7) is 18.5. The second kappa shape index (κ2) is 75.5. The highest BCUT2D eigenvalue weighted by Gasteiger charge is 2.30. The molecule has 125 heavy (non-hydrogen) atoms. The van der Waals surface area contributed by atoms with Crippen LogP contribution in [-0.2, 0) is 117 Å². The number of nitrogens with one attached hydrogen (secondary N) is 8. The Hall–Kier alpha value is -9.78. The first-order chi connectivity index (χ1) is 59.7. The molecule has 2 aliphatic rings. The van der Waals surface area contributed by atoms with Gasteiger partial charge in [-0.2, -0.15) is 11.8 Å². The number of likely N-dealkylation sites (tertiary alicyclic amines) is 2. The number of ether oxygens (including phenoxy) is 8. The number of likely N-dealkylation sites (N-methyl/N-ethyl adjacent to an activating group) is 10. The van der Waals surface area contributed by atoms with E-state index in [-0.39, 0.29) is 108 Å². The van der Waals surface area contributed by atoms with Crippen molar-refractivity contribution >= 4 is 77.4 Å². The number of thioether (sulfide) groups is 1. The number of hydrogen-bond donors (Lipinski definition) is 11. The van der Waals surface area contributed by atoms with Gasteiger partial charge in [0.1, 0.15) is 73.6 Å². The van der Waals surface area contributed by atoms with E-state index in [1.165, 1.54) is 21.3 Å². The quantitative estimate of drug-likeness (QED) is 0.0130. The number of esters is 8. The Morgan fingerprint density at radius 3 is 1.11 bits per heavy atom. The van der Waals surface area contributed by atoms with Crippen molar-refractivity contribution in [1.29, 1.82) is 0 Å². The van der Waals surface area contributed by atoms with Gasteiger partial charge < -0.3 is 95.7 Å². The van der Waals surface area contributed by atoms with Crippen molar-refractivity contribution in [3.8, 4) is 0 Å². The second-order valence-electron chi connectivity index (χ2n) is 28.6. The van der Waals surface area contributed by atoms with E-state index in [1.54, 1.807) is 88.9 Å². The molecule has 2 aliphatic heterocycles. The zero-order chi connectivity index (χ0) is 95.0. The molecule has 11 N–H and O–H groups in total. The zero-order valence-electron chi connectivity index (χ0n) is 77.8. The van der Waals surface area contributed by atoms with Crippen molar-refractivity contribution in [2.45, 2.75) is 187 Å². The van der Waals surface area contributed by atoms with Gasteiger partial charge in [-0.25, -0.2) is 4.79 Å². The molecule has 5 aromatic carbocycles. The normalized spacial score (nSPS) is 14.7. The minimum absolute atomic E-state index is 0.0382. The first-order valence-corrected chi connectivity index (χ1v) is 43.3. The standard InChI is InChI=1S/C17H19NO2.C13H17NO2.C10H19NO4.2C10H13NO2.C8H17NO2.C7H15NO2S.C6H11NO2.C6H13NO2.C5H11NO2/c1-18-16(12-14-8-4-2-5-9-14)17(19)20-13-15-10-6-3-7-11-15;1-14-9-5-8-12(14)13(15)16-10-11-6-3-2-4-7-11;1-4-14-9(12)7-6-8(11-3)10(13)15-5-2;1-11-9(10(12)13-2)8-6-4-3-5-7-8;1-11-9(10(12)13)7-8-5-3-2-4-6-8;1-5-11-8(10)7(9-4)6(2)3;1-8-6(4-5-11-3)7(9)10-2;1-7-4-2-3-5(7)6(8)9;1-4(2)5(7-3)6(8)9;1-4(6-2)5(7)8-3/h2-11,16,18H,12-13H2,1H3;2-4,6-7,12H,5,8-10H2,1H3;8,11H,4-7H2,1-3H3;3-7,9,11H,1-2H3;2-6,9,11H,7H2,1H3,(H,12,13);6-7,9H,5H2,1-4H3;6,8H,4-5H2,1-3H3;5H,2-4H2,1H3,(H,8,9);4-5,7H,1-3H3,(H,8,9);4,6H,1-3H3/t;12-;;9-;;;;5-;;/m.0.0...0../s1. The number of hydrogen-bond acceptors (Lipinski definition) is 30.